The number of alkyl halides is 3. The molecule has 1 unspecified atom stereocenters. The number of nitrogens with zero attached hydrogens (tertiary/aromatic N) is 2. The van der Waals surface area contributed by atoms with Crippen molar-refractivity contribution in [1.82, 2.24) is 10.3 Å². The summed E-state index contributed by atoms with van der Waals surface area (Å²) in [5.41, 5.74) is 4.23. The van der Waals surface area contributed by atoms with E-state index < -0.39 is 24.2 Å². The van der Waals surface area contributed by atoms with E-state index in [-0.39, 0.29) is 28.7 Å². The second kappa shape index (κ2) is 6.81. The Bertz CT molecular complexity index is 694. The van der Waals surface area contributed by atoms with E-state index in [1.807, 2.05) is 0 Å². The number of carbonyl (C=O) groups excluding carboxylic acids is 1. The number of carbonyl (C=O) groups is 1. The second-order valence-corrected chi connectivity index (χ2v) is 5.93. The maximum atomic E-state index is 12.4. The van der Waals surface area contributed by atoms with Gasteiger partial charge in [-0.2, -0.15) is 13.2 Å². The minimum absolute atomic E-state index is 0.0120. The topological polar surface area (TPSA) is 110 Å². The summed E-state index contributed by atoms with van der Waals surface area (Å²) < 4.78 is 41.4. The van der Waals surface area contributed by atoms with Gasteiger partial charge in [-0.25, -0.2) is 0 Å². The molecule has 1 aromatic rings. The highest BCUT2D eigenvalue weighted by atomic mass is 19.4. The van der Waals surface area contributed by atoms with E-state index in [1.54, 1.807) is 6.92 Å². The van der Waals surface area contributed by atoms with Crippen LogP contribution in [0, 0.1) is 5.92 Å². The van der Waals surface area contributed by atoms with Gasteiger partial charge in [0.1, 0.15) is 24.8 Å². The van der Waals surface area contributed by atoms with Gasteiger partial charge in [0.2, 0.25) is 0 Å². The number of pyridine rings is 1. The number of hydrogen-bond donors (Lipinski definition) is 3. The van der Waals surface area contributed by atoms with Crippen LogP contribution in [0.2, 0.25) is 0 Å². The molecule has 0 bridgehead atoms. The monoisotopic (exact) mass is 356 g/mol. The summed E-state index contributed by atoms with van der Waals surface area (Å²) >= 11 is 0. The first kappa shape index (κ1) is 18.9. The molecule has 2 radical (unpaired) electrons. The molecule has 134 valence electrons. The molecule has 0 saturated heterocycles. The summed E-state index contributed by atoms with van der Waals surface area (Å²) in [7, 11) is 5.52. The van der Waals surface area contributed by atoms with E-state index in [0.717, 1.165) is 25.1 Å². The molecule has 7 nitrogen and oxygen atoms in total. The number of halogens is 3. The minimum atomic E-state index is -4.55. The molecular formula is C14H16BF3N4O3. The molecule has 25 heavy (non-hydrogen) atoms. The molecule has 11 heteroatoms. The number of amides is 1. The number of nitrogens with two attached hydrogens (primary N) is 1. The van der Waals surface area contributed by atoms with Gasteiger partial charge >= 0.3 is 6.18 Å². The summed E-state index contributed by atoms with van der Waals surface area (Å²) in [4.78, 5) is 16.2. The van der Waals surface area contributed by atoms with E-state index in [0.29, 0.717) is 0 Å². The summed E-state index contributed by atoms with van der Waals surface area (Å²) in [5.74, 6) is -1.21. The highest BCUT2D eigenvalue weighted by Crippen LogP contribution is 2.39. The number of nitrogens with one attached hydrogen (secondary N) is 1. The molecule has 0 spiro atoms. The smallest absolute Gasteiger partial charge is 0.422 e. The summed E-state index contributed by atoms with van der Waals surface area (Å²) in [5, 5.41) is 14.5. The summed E-state index contributed by atoms with van der Waals surface area (Å²) in [6.45, 7) is 0.0438. The van der Waals surface area contributed by atoms with Crippen molar-refractivity contribution in [1.29, 1.82) is 0 Å². The van der Waals surface area contributed by atoms with Crippen LogP contribution >= 0.6 is 0 Å². The average molecular weight is 356 g/mol. The predicted octanol–water partition coefficient (Wildman–Crippen LogP) is 0.461. The largest absolute Gasteiger partial charge is 0.485 e. The highest BCUT2D eigenvalue weighted by Gasteiger charge is 2.46. The molecule has 4 N–H and O–H groups in total. The number of hydrogen-bond acceptors (Lipinski definition) is 5. The third kappa shape index (κ3) is 4.55. The molecule has 0 aromatic carbocycles. The van der Waals surface area contributed by atoms with Gasteiger partial charge in [-0.15, -0.1) is 0 Å². The van der Waals surface area contributed by atoms with Gasteiger partial charge in [-0.05, 0) is 31.1 Å². The fourth-order valence-corrected chi connectivity index (χ4v) is 2.30. The predicted molar refractivity (Wildman–Crippen MR) is 83.2 cm³/mol. The number of rotatable bonds is 6. The number of ether oxygens (including phenoxy) is 1. The van der Waals surface area contributed by atoms with Gasteiger partial charge in [0.25, 0.3) is 5.91 Å². The van der Waals surface area contributed by atoms with Gasteiger partial charge in [0.05, 0.1) is 0 Å². The van der Waals surface area contributed by atoms with Crippen LogP contribution in [0.1, 0.15) is 30.3 Å². The Balaban J connectivity index is 2.19. The second-order valence-electron chi connectivity index (χ2n) is 5.93. The van der Waals surface area contributed by atoms with Crippen LogP contribution in [0.15, 0.2) is 17.4 Å². The maximum Gasteiger partial charge on any atom is 0.422 e. The standard InChI is InChI=1S/C14H16BF3N4O3/c1-13(7-2-3-7,12(19)22-24)21-11(23)9-4-10(8(15)5-20-9)25-6-14(16,17)18/h4-5,7,24H,2-3,6H2,1H3,(H2,19,22)(H,21,23). The molecule has 2 rings (SSSR count). The van der Waals surface area contributed by atoms with Crippen molar-refractivity contribution < 1.29 is 27.9 Å². The van der Waals surface area contributed by atoms with Crippen molar-refractivity contribution in [2.24, 2.45) is 16.8 Å². The summed E-state index contributed by atoms with van der Waals surface area (Å²) in [6.07, 6.45) is -1.96. The van der Waals surface area contributed by atoms with Gasteiger partial charge in [-0.3, -0.25) is 9.78 Å². The van der Waals surface area contributed by atoms with Crippen LogP contribution in [0.5, 0.6) is 5.75 Å². The zero-order valence-electron chi connectivity index (χ0n) is 13.3. The van der Waals surface area contributed by atoms with E-state index in [4.69, 9.17) is 18.8 Å². The van der Waals surface area contributed by atoms with Crippen molar-refractivity contribution in [3.05, 3.63) is 18.0 Å². The number of amidine groups is 1. The molecular weight excluding hydrogens is 340 g/mol. The lowest BCUT2D eigenvalue weighted by Crippen LogP contribution is -2.57. The van der Waals surface area contributed by atoms with E-state index >= 15 is 0 Å². The molecule has 1 atom stereocenters. The molecule has 1 aliphatic rings. The van der Waals surface area contributed by atoms with Crippen molar-refractivity contribution in [2.45, 2.75) is 31.5 Å². The SMILES string of the molecule is [B]c1cnc(C(=O)NC(C)(/C(N)=N/O)C2CC2)cc1OCC(F)(F)F. The van der Waals surface area contributed by atoms with Crippen molar-refractivity contribution in [3.63, 3.8) is 0 Å². The molecule has 1 fully saturated rings. The Morgan fingerprint density at radius 2 is 2.20 bits per heavy atom. The van der Waals surface area contributed by atoms with Crippen molar-refractivity contribution in [3.8, 4) is 5.75 Å². The zero-order chi connectivity index (χ0) is 18.8. The van der Waals surface area contributed by atoms with Gasteiger partial charge in [0.15, 0.2) is 12.4 Å². The maximum absolute atomic E-state index is 12.4. The first-order valence-electron chi connectivity index (χ1n) is 7.32. The Kier molecular flexibility index (Phi) is 5.14. The Labute approximate surface area is 142 Å². The fraction of sp³-hybridized carbons (Fsp3) is 0.500. The van der Waals surface area contributed by atoms with E-state index in [9.17, 15) is 18.0 Å². The molecule has 1 amide bonds. The third-order valence-electron chi connectivity index (χ3n) is 3.93. The van der Waals surface area contributed by atoms with Crippen LogP contribution in [0.3, 0.4) is 0 Å². The molecule has 1 aliphatic carbocycles. The van der Waals surface area contributed by atoms with Gasteiger partial charge < -0.3 is 21.0 Å². The average Bonchev–Trinajstić information content (AvgIpc) is 3.37. The van der Waals surface area contributed by atoms with E-state index in [2.05, 4.69) is 20.2 Å². The van der Waals surface area contributed by atoms with Crippen molar-refractivity contribution in [2.75, 3.05) is 6.61 Å². The van der Waals surface area contributed by atoms with Crippen molar-refractivity contribution >= 4 is 25.1 Å². The minimum Gasteiger partial charge on any atom is -0.485 e. The Morgan fingerprint density at radius 3 is 2.72 bits per heavy atom. The molecule has 1 saturated carbocycles. The number of oxime groups is 1. The van der Waals surface area contributed by atoms with Crippen LogP contribution in [0.4, 0.5) is 13.2 Å². The van der Waals surface area contributed by atoms with Crippen LogP contribution in [0.25, 0.3) is 0 Å². The lowest BCUT2D eigenvalue weighted by molar-refractivity contribution is -0.153. The Hall–Kier alpha value is -2.46. The van der Waals surface area contributed by atoms with E-state index in [1.165, 1.54) is 0 Å². The lowest BCUT2D eigenvalue weighted by atomic mass is 9.93. The van der Waals surface area contributed by atoms with Gasteiger partial charge in [0, 0.05) is 12.3 Å². The first-order valence-corrected chi connectivity index (χ1v) is 7.32. The third-order valence-corrected chi connectivity index (χ3v) is 3.93. The summed E-state index contributed by atoms with van der Waals surface area (Å²) in [6, 6.07) is 1.01. The number of aromatic nitrogens is 1. The van der Waals surface area contributed by atoms with Crippen LogP contribution in [-0.4, -0.2) is 48.1 Å². The first-order chi connectivity index (χ1) is 11.6. The van der Waals surface area contributed by atoms with Crippen LogP contribution in [-0.2, 0) is 0 Å². The normalized spacial score (nSPS) is 17.7. The fourth-order valence-electron chi connectivity index (χ4n) is 2.30. The quantitative estimate of drug-likeness (QED) is 0.226. The molecule has 0 aliphatic heterocycles. The molecule has 1 heterocycles. The van der Waals surface area contributed by atoms with Crippen LogP contribution < -0.4 is 21.3 Å². The zero-order valence-corrected chi connectivity index (χ0v) is 13.3. The Morgan fingerprint density at radius 1 is 1.56 bits per heavy atom. The lowest BCUT2D eigenvalue weighted by Gasteiger charge is -2.29. The van der Waals surface area contributed by atoms with Gasteiger partial charge in [-0.1, -0.05) is 5.16 Å². The molecule has 1 aromatic heterocycles. The highest BCUT2D eigenvalue weighted by molar-refractivity contribution is 6.34.